The Balaban J connectivity index is 3.53. The zero-order valence-corrected chi connectivity index (χ0v) is 4.63. The van der Waals surface area contributed by atoms with Crippen LogP contribution in [0.4, 0.5) is 4.39 Å². The van der Waals surface area contributed by atoms with Crippen LogP contribution in [-0.2, 0) is 0 Å². The molecule has 4 heteroatoms. The molecule has 0 saturated heterocycles. The van der Waals surface area contributed by atoms with Crippen molar-refractivity contribution < 1.29 is 4.39 Å². The lowest BCUT2D eigenvalue weighted by atomic mass is 10.5. The molecular formula is C4H8FN3. The highest BCUT2D eigenvalue weighted by Crippen LogP contribution is 1.69. The number of hydrazone groups is 1. The molecule has 8 heavy (non-hydrogen) atoms. The Kier molecular flexibility index (Phi) is 3.74. The Hall–Kier alpha value is -0.930. The molecule has 0 aliphatic carbocycles. The van der Waals surface area contributed by atoms with E-state index in [0.29, 0.717) is 5.71 Å². The van der Waals surface area contributed by atoms with Gasteiger partial charge in [-0.2, -0.15) is 5.10 Å². The molecule has 0 heterocycles. The fourth-order valence-electron chi connectivity index (χ4n) is 0.200. The van der Waals surface area contributed by atoms with E-state index in [4.69, 9.17) is 5.84 Å². The van der Waals surface area contributed by atoms with Gasteiger partial charge in [0.15, 0.2) is 6.80 Å². The van der Waals surface area contributed by atoms with Gasteiger partial charge in [-0.3, -0.25) is 4.99 Å². The van der Waals surface area contributed by atoms with Crippen molar-refractivity contribution in [2.45, 2.75) is 6.92 Å². The highest BCUT2D eigenvalue weighted by Gasteiger charge is 1.77. The molecule has 3 nitrogen and oxygen atoms in total. The van der Waals surface area contributed by atoms with Gasteiger partial charge in [0.25, 0.3) is 0 Å². The van der Waals surface area contributed by atoms with Gasteiger partial charge >= 0.3 is 0 Å². The van der Waals surface area contributed by atoms with Crippen molar-refractivity contribution in [2.24, 2.45) is 15.9 Å². The molecular weight excluding hydrogens is 109 g/mol. The molecule has 0 amide bonds. The van der Waals surface area contributed by atoms with Crippen LogP contribution >= 0.6 is 0 Å². The molecule has 0 spiro atoms. The van der Waals surface area contributed by atoms with E-state index in [1.54, 1.807) is 6.92 Å². The van der Waals surface area contributed by atoms with Crippen LogP contribution in [0.25, 0.3) is 0 Å². The number of alkyl halides is 1. The SMILES string of the molecule is CC(C=NCF)=NN. The molecule has 0 aromatic heterocycles. The molecule has 0 radical (unpaired) electrons. The molecule has 0 unspecified atom stereocenters. The van der Waals surface area contributed by atoms with Crippen molar-refractivity contribution in [1.29, 1.82) is 0 Å². The van der Waals surface area contributed by atoms with E-state index in [0.717, 1.165) is 0 Å². The van der Waals surface area contributed by atoms with Gasteiger partial charge in [0, 0.05) is 6.21 Å². The number of hydrogen-bond acceptors (Lipinski definition) is 3. The van der Waals surface area contributed by atoms with Gasteiger partial charge in [0.2, 0.25) is 0 Å². The van der Waals surface area contributed by atoms with Crippen LogP contribution in [-0.4, -0.2) is 18.7 Å². The molecule has 0 aliphatic heterocycles. The Morgan fingerprint density at radius 3 is 2.88 bits per heavy atom. The van der Waals surface area contributed by atoms with Gasteiger partial charge in [0.1, 0.15) is 0 Å². The average Bonchev–Trinajstić information content (AvgIpc) is 1.83. The standard InChI is InChI=1S/C4H8FN3/c1-4(8-6)2-7-3-5/h2H,3,6H2,1H3. The Morgan fingerprint density at radius 2 is 2.50 bits per heavy atom. The van der Waals surface area contributed by atoms with Crippen molar-refractivity contribution in [3.05, 3.63) is 0 Å². The highest BCUT2D eigenvalue weighted by molar-refractivity contribution is 6.29. The van der Waals surface area contributed by atoms with Gasteiger partial charge in [-0.15, -0.1) is 0 Å². The zero-order valence-electron chi connectivity index (χ0n) is 4.63. The van der Waals surface area contributed by atoms with Gasteiger partial charge in [-0.05, 0) is 6.92 Å². The molecule has 0 saturated carbocycles. The van der Waals surface area contributed by atoms with E-state index < -0.39 is 6.80 Å². The normalized spacial score (nSPS) is 13.0. The number of nitrogens with zero attached hydrogens (tertiary/aromatic N) is 2. The van der Waals surface area contributed by atoms with Crippen molar-refractivity contribution in [1.82, 2.24) is 0 Å². The molecule has 0 bridgehead atoms. The molecule has 46 valence electrons. The number of rotatable bonds is 2. The van der Waals surface area contributed by atoms with E-state index in [2.05, 4.69) is 10.1 Å². The molecule has 0 atom stereocenters. The van der Waals surface area contributed by atoms with Gasteiger partial charge in [-0.25, -0.2) is 4.39 Å². The minimum absolute atomic E-state index is 0.516. The minimum Gasteiger partial charge on any atom is -0.323 e. The van der Waals surface area contributed by atoms with Gasteiger partial charge in [-0.1, -0.05) is 0 Å². The predicted octanol–water partition coefficient (Wildman–Crippen LogP) is 0.319. The lowest BCUT2D eigenvalue weighted by Crippen LogP contribution is -1.96. The second-order valence-corrected chi connectivity index (χ2v) is 1.20. The summed E-state index contributed by atoms with van der Waals surface area (Å²) in [5.74, 6) is 4.79. The van der Waals surface area contributed by atoms with Crippen LogP contribution in [0.15, 0.2) is 10.1 Å². The van der Waals surface area contributed by atoms with Crippen LogP contribution in [0.2, 0.25) is 0 Å². The molecule has 0 aromatic carbocycles. The van der Waals surface area contributed by atoms with E-state index in [1.807, 2.05) is 0 Å². The fraction of sp³-hybridized carbons (Fsp3) is 0.500. The maximum atomic E-state index is 11.2. The van der Waals surface area contributed by atoms with Crippen LogP contribution in [0.3, 0.4) is 0 Å². The highest BCUT2D eigenvalue weighted by atomic mass is 19.1. The first-order valence-electron chi connectivity index (χ1n) is 2.11. The van der Waals surface area contributed by atoms with Crippen molar-refractivity contribution >= 4 is 11.9 Å². The van der Waals surface area contributed by atoms with Crippen LogP contribution in [0.1, 0.15) is 6.92 Å². The second kappa shape index (κ2) is 4.23. The first-order chi connectivity index (χ1) is 3.81. The van der Waals surface area contributed by atoms with Crippen LogP contribution < -0.4 is 5.84 Å². The minimum atomic E-state index is -0.715. The molecule has 2 N–H and O–H groups in total. The number of aliphatic imine (C=N–C) groups is 1. The van der Waals surface area contributed by atoms with E-state index in [-0.39, 0.29) is 0 Å². The van der Waals surface area contributed by atoms with E-state index in [1.165, 1.54) is 6.21 Å². The van der Waals surface area contributed by atoms with Crippen LogP contribution in [0.5, 0.6) is 0 Å². The summed E-state index contributed by atoms with van der Waals surface area (Å²) in [5, 5.41) is 3.23. The average molecular weight is 117 g/mol. The van der Waals surface area contributed by atoms with Crippen molar-refractivity contribution in [3.8, 4) is 0 Å². The Bertz CT molecular complexity index is 108. The summed E-state index contributed by atoms with van der Waals surface area (Å²) < 4.78 is 11.2. The monoisotopic (exact) mass is 117 g/mol. The summed E-state index contributed by atoms with van der Waals surface area (Å²) in [4.78, 5) is 3.24. The summed E-state index contributed by atoms with van der Waals surface area (Å²) in [6.45, 7) is 0.923. The van der Waals surface area contributed by atoms with Gasteiger partial charge in [0.05, 0.1) is 5.71 Å². The summed E-state index contributed by atoms with van der Waals surface area (Å²) in [6.07, 6.45) is 1.28. The van der Waals surface area contributed by atoms with Gasteiger partial charge < -0.3 is 5.84 Å². The lowest BCUT2D eigenvalue weighted by molar-refractivity contribution is 0.514. The smallest absolute Gasteiger partial charge is 0.179 e. The van der Waals surface area contributed by atoms with Crippen molar-refractivity contribution in [2.75, 3.05) is 6.80 Å². The quantitative estimate of drug-likeness (QED) is 0.241. The first-order valence-corrected chi connectivity index (χ1v) is 2.11. The third-order valence-corrected chi connectivity index (χ3v) is 0.551. The number of halogens is 1. The molecule has 0 rings (SSSR count). The fourth-order valence-corrected chi connectivity index (χ4v) is 0.200. The van der Waals surface area contributed by atoms with E-state index >= 15 is 0 Å². The molecule has 0 fully saturated rings. The maximum absolute atomic E-state index is 11.2. The summed E-state index contributed by atoms with van der Waals surface area (Å²) >= 11 is 0. The first kappa shape index (κ1) is 7.07. The summed E-state index contributed by atoms with van der Waals surface area (Å²) in [7, 11) is 0. The van der Waals surface area contributed by atoms with Crippen LogP contribution in [0, 0.1) is 0 Å². The third-order valence-electron chi connectivity index (χ3n) is 0.551. The third kappa shape index (κ3) is 3.27. The number of nitrogens with two attached hydrogens (primary N) is 1. The second-order valence-electron chi connectivity index (χ2n) is 1.20. The summed E-state index contributed by atoms with van der Waals surface area (Å²) in [5.41, 5.74) is 0.516. The zero-order chi connectivity index (χ0) is 6.41. The molecule has 0 aromatic rings. The molecule has 0 aliphatic rings. The largest absolute Gasteiger partial charge is 0.323 e. The van der Waals surface area contributed by atoms with Crippen molar-refractivity contribution in [3.63, 3.8) is 0 Å². The Morgan fingerprint density at radius 1 is 1.88 bits per heavy atom. The topological polar surface area (TPSA) is 50.7 Å². The maximum Gasteiger partial charge on any atom is 0.179 e. The number of hydrogen-bond donors (Lipinski definition) is 1. The summed E-state index contributed by atoms with van der Waals surface area (Å²) in [6, 6.07) is 0. The predicted molar refractivity (Wildman–Crippen MR) is 31.8 cm³/mol. The van der Waals surface area contributed by atoms with E-state index in [9.17, 15) is 4.39 Å². The lowest BCUT2D eigenvalue weighted by Gasteiger charge is -1.81. The Labute approximate surface area is 47.1 Å².